The van der Waals surface area contributed by atoms with Gasteiger partial charge in [-0.2, -0.15) is 0 Å². The van der Waals surface area contributed by atoms with Gasteiger partial charge in [0, 0.05) is 36.5 Å². The highest BCUT2D eigenvalue weighted by atomic mass is 16.4. The Kier molecular flexibility index (Phi) is 8.50. The number of likely N-dealkylation sites (tertiary alicyclic amines) is 1. The third-order valence-electron chi connectivity index (χ3n) is 6.23. The molecular weight excluding hydrogens is 448 g/mol. The molecule has 0 aliphatic carbocycles. The minimum Gasteiger partial charge on any atom is -0.480 e. The summed E-state index contributed by atoms with van der Waals surface area (Å²) < 4.78 is 0. The van der Waals surface area contributed by atoms with E-state index in [1.807, 2.05) is 24.3 Å². The van der Waals surface area contributed by atoms with Gasteiger partial charge in [-0.3, -0.25) is 4.79 Å². The van der Waals surface area contributed by atoms with Gasteiger partial charge in [-0.25, -0.2) is 14.6 Å². The highest BCUT2D eigenvalue weighted by Gasteiger charge is 2.34. The number of urea groups is 1. The van der Waals surface area contributed by atoms with Crippen molar-refractivity contribution in [3.8, 4) is 0 Å². The predicted molar refractivity (Wildman–Crippen MR) is 132 cm³/mol. The van der Waals surface area contributed by atoms with Gasteiger partial charge in [0.05, 0.1) is 6.54 Å². The summed E-state index contributed by atoms with van der Waals surface area (Å²) in [6, 6.07) is 6.29. The van der Waals surface area contributed by atoms with Gasteiger partial charge in [-0.15, -0.1) is 0 Å². The van der Waals surface area contributed by atoms with Gasteiger partial charge >= 0.3 is 12.0 Å². The van der Waals surface area contributed by atoms with Crippen LogP contribution in [0.3, 0.4) is 0 Å². The Morgan fingerprint density at radius 3 is 2.49 bits per heavy atom. The topological polar surface area (TPSA) is 153 Å². The fourth-order valence-corrected chi connectivity index (χ4v) is 3.90. The summed E-state index contributed by atoms with van der Waals surface area (Å²) in [5.41, 5.74) is 8.11. The van der Waals surface area contributed by atoms with E-state index in [-0.39, 0.29) is 29.8 Å². The number of imidazole rings is 1. The van der Waals surface area contributed by atoms with E-state index in [9.17, 15) is 19.5 Å². The van der Waals surface area contributed by atoms with Gasteiger partial charge in [-0.1, -0.05) is 32.9 Å². The van der Waals surface area contributed by atoms with E-state index in [0.29, 0.717) is 43.9 Å². The number of aromatic amines is 1. The number of aliphatic carboxylic acids is 1. The second kappa shape index (κ2) is 11.4. The molecule has 2 aromatic rings. The average molecular weight is 485 g/mol. The molecule has 1 aliphatic heterocycles. The number of nitrogens with zero attached hydrogens (tertiary/aromatic N) is 2. The zero-order chi connectivity index (χ0) is 25.6. The van der Waals surface area contributed by atoms with Crippen LogP contribution < -0.4 is 16.4 Å². The largest absolute Gasteiger partial charge is 0.480 e. The standard InChI is InChI=1S/C25H36N6O4/c1-25(2,3)18-9-7-16(8-10-18)22(32)28-13-21-27-12-20(29-21)17-14-31(15-17)24(35)30-19(23(33)34)6-4-5-11-26/h7-10,12,17,19H,4-6,11,13-15,26H2,1-3H3,(H,27,29)(H,28,32)(H,30,35)(H,33,34)/t19-/m0/s1. The molecule has 0 saturated carbocycles. The summed E-state index contributed by atoms with van der Waals surface area (Å²) in [5, 5.41) is 14.8. The summed E-state index contributed by atoms with van der Waals surface area (Å²) in [7, 11) is 0. The highest BCUT2D eigenvalue weighted by Crippen LogP contribution is 2.26. The smallest absolute Gasteiger partial charge is 0.326 e. The minimum atomic E-state index is -1.04. The zero-order valence-corrected chi connectivity index (χ0v) is 20.6. The number of hydrogen-bond acceptors (Lipinski definition) is 5. The lowest BCUT2D eigenvalue weighted by Gasteiger charge is -2.39. The van der Waals surface area contributed by atoms with E-state index in [0.717, 1.165) is 17.7 Å². The van der Waals surface area contributed by atoms with Crippen LogP contribution in [0.15, 0.2) is 30.5 Å². The third-order valence-corrected chi connectivity index (χ3v) is 6.23. The van der Waals surface area contributed by atoms with Crippen LogP contribution in [0.2, 0.25) is 0 Å². The Bertz CT molecular complexity index is 1020. The quantitative estimate of drug-likeness (QED) is 0.326. The fourth-order valence-electron chi connectivity index (χ4n) is 3.90. The van der Waals surface area contributed by atoms with Crippen molar-refractivity contribution in [2.75, 3.05) is 19.6 Å². The molecule has 1 aromatic carbocycles. The molecule has 0 radical (unpaired) electrons. The molecule has 0 spiro atoms. The van der Waals surface area contributed by atoms with Crippen LogP contribution in [0.25, 0.3) is 0 Å². The van der Waals surface area contributed by atoms with E-state index in [1.165, 1.54) is 0 Å². The van der Waals surface area contributed by atoms with Crippen LogP contribution in [0.4, 0.5) is 4.79 Å². The molecule has 1 fully saturated rings. The molecule has 3 rings (SSSR count). The number of hydrogen-bond donors (Lipinski definition) is 5. The fraction of sp³-hybridized carbons (Fsp3) is 0.520. The number of aromatic nitrogens is 2. The summed E-state index contributed by atoms with van der Waals surface area (Å²) >= 11 is 0. The first kappa shape index (κ1) is 26.2. The van der Waals surface area contributed by atoms with E-state index in [2.05, 4.69) is 41.4 Å². The second-order valence-corrected chi connectivity index (χ2v) is 10.0. The molecule has 1 aliphatic rings. The van der Waals surface area contributed by atoms with E-state index in [4.69, 9.17) is 5.73 Å². The Hall–Kier alpha value is -3.40. The van der Waals surface area contributed by atoms with Crippen molar-refractivity contribution in [3.63, 3.8) is 0 Å². The van der Waals surface area contributed by atoms with E-state index >= 15 is 0 Å². The van der Waals surface area contributed by atoms with Crippen molar-refractivity contribution in [1.82, 2.24) is 25.5 Å². The number of unbranched alkanes of at least 4 members (excludes halogenated alkanes) is 1. The maximum atomic E-state index is 12.5. The molecule has 10 heteroatoms. The van der Waals surface area contributed by atoms with Gasteiger partial charge in [-0.05, 0) is 48.9 Å². The maximum Gasteiger partial charge on any atom is 0.326 e. The van der Waals surface area contributed by atoms with Crippen molar-refractivity contribution < 1.29 is 19.5 Å². The number of benzene rings is 1. The van der Waals surface area contributed by atoms with Gasteiger partial charge in [0.15, 0.2) is 0 Å². The molecular formula is C25H36N6O4. The molecule has 3 amide bonds. The number of nitrogens with two attached hydrogens (primary N) is 1. The van der Waals surface area contributed by atoms with Crippen LogP contribution >= 0.6 is 0 Å². The second-order valence-electron chi connectivity index (χ2n) is 10.0. The average Bonchev–Trinajstić information content (AvgIpc) is 3.23. The van der Waals surface area contributed by atoms with E-state index < -0.39 is 12.0 Å². The molecule has 1 aromatic heterocycles. The molecule has 35 heavy (non-hydrogen) atoms. The van der Waals surface area contributed by atoms with Crippen LogP contribution in [0, 0.1) is 0 Å². The Morgan fingerprint density at radius 2 is 1.89 bits per heavy atom. The third kappa shape index (κ3) is 7.05. The molecule has 6 N–H and O–H groups in total. The number of carbonyl (C=O) groups excluding carboxylic acids is 2. The van der Waals surface area contributed by atoms with Gasteiger partial charge in [0.2, 0.25) is 0 Å². The molecule has 2 heterocycles. The molecule has 1 saturated heterocycles. The van der Waals surface area contributed by atoms with Crippen LogP contribution in [0.1, 0.15) is 73.4 Å². The Balaban J connectivity index is 1.45. The lowest BCUT2D eigenvalue weighted by atomic mass is 9.87. The van der Waals surface area contributed by atoms with Crippen LogP contribution in [-0.2, 0) is 16.8 Å². The number of rotatable bonds is 10. The number of H-pyrrole nitrogens is 1. The zero-order valence-electron chi connectivity index (χ0n) is 20.6. The normalized spacial score (nSPS) is 14.8. The number of carbonyl (C=O) groups is 3. The monoisotopic (exact) mass is 484 g/mol. The lowest BCUT2D eigenvalue weighted by Crippen LogP contribution is -2.55. The minimum absolute atomic E-state index is 0.0276. The lowest BCUT2D eigenvalue weighted by molar-refractivity contribution is -0.139. The van der Waals surface area contributed by atoms with Crippen molar-refractivity contribution in [3.05, 3.63) is 53.1 Å². The Morgan fingerprint density at radius 1 is 1.20 bits per heavy atom. The first-order valence-corrected chi connectivity index (χ1v) is 12.0. The van der Waals surface area contributed by atoms with Crippen LogP contribution in [-0.4, -0.2) is 63.6 Å². The molecule has 190 valence electrons. The molecule has 10 nitrogen and oxygen atoms in total. The van der Waals surface area contributed by atoms with Crippen molar-refractivity contribution in [2.45, 2.75) is 64.0 Å². The van der Waals surface area contributed by atoms with Gasteiger partial charge in [0.25, 0.3) is 5.91 Å². The summed E-state index contributed by atoms with van der Waals surface area (Å²) in [5.74, 6) is -0.497. The summed E-state index contributed by atoms with van der Waals surface area (Å²) in [6.07, 6.45) is 3.43. The molecule has 1 atom stereocenters. The van der Waals surface area contributed by atoms with Gasteiger partial charge in [0.1, 0.15) is 11.9 Å². The SMILES string of the molecule is CC(C)(C)c1ccc(C(=O)NCc2ncc(C3CN(C(=O)N[C@@H](CCCCN)C(=O)O)C3)[nH]2)cc1. The number of nitrogens with one attached hydrogen (secondary N) is 3. The highest BCUT2D eigenvalue weighted by molar-refractivity contribution is 5.94. The predicted octanol–water partition coefficient (Wildman–Crippen LogP) is 2.33. The first-order chi connectivity index (χ1) is 16.6. The summed E-state index contributed by atoms with van der Waals surface area (Å²) in [6.45, 7) is 8.07. The molecule has 0 bridgehead atoms. The maximum absolute atomic E-state index is 12.5. The Labute approximate surface area is 205 Å². The molecule has 0 unspecified atom stereocenters. The first-order valence-electron chi connectivity index (χ1n) is 12.0. The van der Waals surface area contributed by atoms with E-state index in [1.54, 1.807) is 11.1 Å². The summed E-state index contributed by atoms with van der Waals surface area (Å²) in [4.78, 5) is 45.4. The van der Waals surface area contributed by atoms with Crippen molar-refractivity contribution in [1.29, 1.82) is 0 Å². The van der Waals surface area contributed by atoms with Crippen LogP contribution in [0.5, 0.6) is 0 Å². The van der Waals surface area contributed by atoms with Crippen molar-refractivity contribution >= 4 is 17.9 Å². The number of carboxylic acids is 1. The van der Waals surface area contributed by atoms with Crippen molar-refractivity contribution in [2.24, 2.45) is 5.73 Å². The van der Waals surface area contributed by atoms with Gasteiger partial charge < -0.3 is 31.4 Å². The number of carboxylic acid groups (broad SMARTS) is 1. The number of amides is 3.